The van der Waals surface area contributed by atoms with Crippen LogP contribution in [0.15, 0.2) is 55.6 Å². The number of hydrogen-bond acceptors (Lipinski definition) is 8. The van der Waals surface area contributed by atoms with Gasteiger partial charge in [0, 0.05) is 11.6 Å². The van der Waals surface area contributed by atoms with Crippen LogP contribution in [0.25, 0.3) is 11.4 Å². The van der Waals surface area contributed by atoms with Crippen LogP contribution in [0.3, 0.4) is 0 Å². The van der Waals surface area contributed by atoms with Crippen LogP contribution >= 0.6 is 0 Å². The van der Waals surface area contributed by atoms with E-state index in [0.717, 1.165) is 0 Å². The van der Waals surface area contributed by atoms with E-state index in [1.54, 1.807) is 30.3 Å². The number of para-hydroxylation sites is 1. The van der Waals surface area contributed by atoms with Gasteiger partial charge in [-0.3, -0.25) is 0 Å². The van der Waals surface area contributed by atoms with Gasteiger partial charge in [0.2, 0.25) is 5.88 Å². The Bertz CT molecular complexity index is 924. The maximum absolute atomic E-state index is 12.0. The van der Waals surface area contributed by atoms with Gasteiger partial charge < -0.3 is 14.2 Å². The number of aromatic nitrogens is 5. The molecule has 9 nitrogen and oxygen atoms in total. The molecule has 0 saturated carbocycles. The van der Waals surface area contributed by atoms with Crippen molar-refractivity contribution in [1.82, 2.24) is 24.7 Å². The van der Waals surface area contributed by atoms with Gasteiger partial charge in [0.25, 0.3) is 0 Å². The summed E-state index contributed by atoms with van der Waals surface area (Å²) in [5.74, 6) is 0.628. The van der Waals surface area contributed by atoms with E-state index in [2.05, 4.69) is 20.1 Å². The van der Waals surface area contributed by atoms with Gasteiger partial charge >= 0.3 is 5.97 Å². The van der Waals surface area contributed by atoms with Crippen LogP contribution in [0, 0.1) is 0 Å². The van der Waals surface area contributed by atoms with Crippen molar-refractivity contribution in [2.24, 2.45) is 0 Å². The maximum Gasteiger partial charge on any atom is 0.341 e. The molecule has 0 N–H and O–H groups in total. The number of rotatable bonds is 6. The first-order valence-electron chi connectivity index (χ1n) is 7.48. The van der Waals surface area contributed by atoms with E-state index in [4.69, 9.17) is 14.2 Å². The Hall–Kier alpha value is -3.75. The predicted octanol–water partition coefficient (Wildman–Crippen LogP) is 2.01. The summed E-state index contributed by atoms with van der Waals surface area (Å²) < 4.78 is 17.1. The number of carbonyl (C=O) groups excluding carboxylic acids is 1. The Morgan fingerprint density at radius 2 is 2.00 bits per heavy atom. The highest BCUT2D eigenvalue weighted by Crippen LogP contribution is 2.30. The van der Waals surface area contributed by atoms with Crippen LogP contribution in [-0.4, -0.2) is 44.9 Å². The number of carbonyl (C=O) groups is 1. The average molecular weight is 353 g/mol. The zero-order chi connectivity index (χ0) is 18.4. The molecule has 3 aromatic rings. The van der Waals surface area contributed by atoms with Gasteiger partial charge in [-0.25, -0.2) is 24.4 Å². The third kappa shape index (κ3) is 3.66. The van der Waals surface area contributed by atoms with E-state index < -0.39 is 5.97 Å². The van der Waals surface area contributed by atoms with Crippen LogP contribution in [0.1, 0.15) is 5.56 Å². The average Bonchev–Trinajstić information content (AvgIpc) is 3.21. The molecule has 0 radical (unpaired) electrons. The molecule has 0 aliphatic rings. The fraction of sp³-hybridized carbons (Fsp3) is 0.118. The van der Waals surface area contributed by atoms with Crippen molar-refractivity contribution >= 4 is 11.5 Å². The van der Waals surface area contributed by atoms with Crippen molar-refractivity contribution in [3.05, 3.63) is 61.1 Å². The second-order valence-electron chi connectivity index (χ2n) is 4.91. The van der Waals surface area contributed by atoms with Crippen LogP contribution in [0.5, 0.6) is 11.6 Å². The quantitative estimate of drug-likeness (QED) is 0.377. The molecule has 0 unspecified atom stereocenters. The SMILES string of the molecule is CO/C=C(/C(=O)OC)c1ccccc1Oc1cc(-n2cncn2)ncn1. The number of ether oxygens (including phenoxy) is 3. The van der Waals surface area contributed by atoms with Crippen molar-refractivity contribution in [1.29, 1.82) is 0 Å². The number of benzene rings is 1. The predicted molar refractivity (Wildman–Crippen MR) is 90.5 cm³/mol. The van der Waals surface area contributed by atoms with Gasteiger partial charge in [0.1, 0.15) is 30.3 Å². The Labute approximate surface area is 148 Å². The molecule has 0 fully saturated rings. The molecule has 0 amide bonds. The summed E-state index contributed by atoms with van der Waals surface area (Å²) in [6.45, 7) is 0. The molecule has 2 heterocycles. The standard InChI is InChI=1S/C17H15N5O4/c1-24-8-13(17(23)25-2)12-5-3-4-6-14(12)26-16-7-15(19-10-20-16)22-11-18-9-21-22/h3-11H,1-2H3/b13-8+. The van der Waals surface area contributed by atoms with Gasteiger partial charge in [-0.1, -0.05) is 18.2 Å². The molecule has 0 bridgehead atoms. The second kappa shape index (κ2) is 7.88. The Morgan fingerprint density at radius 3 is 2.73 bits per heavy atom. The topological polar surface area (TPSA) is 101 Å². The molecule has 9 heteroatoms. The normalized spacial score (nSPS) is 11.1. The minimum atomic E-state index is -0.547. The lowest BCUT2D eigenvalue weighted by molar-refractivity contribution is -0.133. The molecule has 1 aromatic carbocycles. The number of nitrogens with zero attached hydrogens (tertiary/aromatic N) is 5. The molecular formula is C17H15N5O4. The van der Waals surface area contributed by atoms with E-state index >= 15 is 0 Å². The summed E-state index contributed by atoms with van der Waals surface area (Å²) in [6, 6.07) is 8.58. The molecular weight excluding hydrogens is 338 g/mol. The first-order valence-corrected chi connectivity index (χ1v) is 7.48. The maximum atomic E-state index is 12.0. The minimum absolute atomic E-state index is 0.219. The Kier molecular flexibility index (Phi) is 5.18. The summed E-state index contributed by atoms with van der Waals surface area (Å²) in [7, 11) is 2.74. The zero-order valence-electron chi connectivity index (χ0n) is 14.1. The van der Waals surface area contributed by atoms with E-state index in [1.807, 2.05) is 0 Å². The van der Waals surface area contributed by atoms with Crippen molar-refractivity contribution in [2.75, 3.05) is 14.2 Å². The number of esters is 1. The lowest BCUT2D eigenvalue weighted by Crippen LogP contribution is -2.06. The van der Waals surface area contributed by atoms with Gasteiger partial charge in [-0.2, -0.15) is 5.10 Å². The number of methoxy groups -OCH3 is 2. The van der Waals surface area contributed by atoms with Crippen molar-refractivity contribution in [3.63, 3.8) is 0 Å². The van der Waals surface area contributed by atoms with Crippen LogP contribution in [0.2, 0.25) is 0 Å². The summed E-state index contributed by atoms with van der Waals surface area (Å²) in [6.07, 6.45) is 5.56. The third-order valence-electron chi connectivity index (χ3n) is 3.31. The summed E-state index contributed by atoms with van der Waals surface area (Å²) in [5.41, 5.74) is 0.721. The summed E-state index contributed by atoms with van der Waals surface area (Å²) in [4.78, 5) is 24.1. The molecule has 132 valence electrons. The Balaban J connectivity index is 1.95. The van der Waals surface area contributed by atoms with Crippen molar-refractivity contribution in [2.45, 2.75) is 0 Å². The monoisotopic (exact) mass is 353 g/mol. The molecule has 0 atom stereocenters. The first-order chi connectivity index (χ1) is 12.7. The highest BCUT2D eigenvalue weighted by atomic mass is 16.5. The van der Waals surface area contributed by atoms with Crippen LogP contribution < -0.4 is 4.74 Å². The van der Waals surface area contributed by atoms with Gasteiger partial charge in [-0.15, -0.1) is 0 Å². The highest BCUT2D eigenvalue weighted by molar-refractivity contribution is 6.17. The molecule has 0 spiro atoms. The molecule has 0 saturated heterocycles. The van der Waals surface area contributed by atoms with E-state index in [0.29, 0.717) is 17.1 Å². The molecule has 0 aliphatic heterocycles. The molecule has 26 heavy (non-hydrogen) atoms. The minimum Gasteiger partial charge on any atom is -0.503 e. The number of hydrogen-bond donors (Lipinski definition) is 0. The van der Waals surface area contributed by atoms with Crippen LogP contribution in [-0.2, 0) is 14.3 Å². The lowest BCUT2D eigenvalue weighted by atomic mass is 10.1. The molecule has 3 rings (SSSR count). The molecule has 0 aliphatic carbocycles. The van der Waals surface area contributed by atoms with Crippen LogP contribution in [0.4, 0.5) is 0 Å². The van der Waals surface area contributed by atoms with Crippen molar-refractivity contribution in [3.8, 4) is 17.4 Å². The Morgan fingerprint density at radius 1 is 1.15 bits per heavy atom. The highest BCUT2D eigenvalue weighted by Gasteiger charge is 2.18. The van der Waals surface area contributed by atoms with E-state index in [9.17, 15) is 4.79 Å². The first kappa shape index (κ1) is 17.1. The zero-order valence-corrected chi connectivity index (χ0v) is 14.1. The lowest BCUT2D eigenvalue weighted by Gasteiger charge is -2.12. The largest absolute Gasteiger partial charge is 0.503 e. The van der Waals surface area contributed by atoms with Gasteiger partial charge in [0.15, 0.2) is 5.82 Å². The third-order valence-corrected chi connectivity index (χ3v) is 3.31. The van der Waals surface area contributed by atoms with E-state index in [-0.39, 0.29) is 11.5 Å². The van der Waals surface area contributed by atoms with Crippen molar-refractivity contribution < 1.29 is 19.0 Å². The van der Waals surface area contributed by atoms with Gasteiger partial charge in [-0.05, 0) is 6.07 Å². The van der Waals surface area contributed by atoms with Gasteiger partial charge in [0.05, 0.1) is 20.5 Å². The molecule has 2 aromatic heterocycles. The summed E-state index contributed by atoms with van der Waals surface area (Å²) in [5, 5.41) is 4.01. The smallest absolute Gasteiger partial charge is 0.341 e. The fourth-order valence-electron chi connectivity index (χ4n) is 2.18. The van der Waals surface area contributed by atoms with E-state index in [1.165, 1.54) is 44.1 Å². The summed E-state index contributed by atoms with van der Waals surface area (Å²) >= 11 is 0. The fourth-order valence-corrected chi connectivity index (χ4v) is 2.18. The second-order valence-corrected chi connectivity index (χ2v) is 4.91.